The van der Waals surface area contributed by atoms with E-state index in [9.17, 15) is 18.0 Å². The largest absolute Gasteiger partial charge is 0.464 e. The number of nitrogens with two attached hydrogens (primary N) is 1. The van der Waals surface area contributed by atoms with Crippen LogP contribution in [0.25, 0.3) is 16.8 Å². The van der Waals surface area contributed by atoms with Crippen LogP contribution in [0.1, 0.15) is 21.6 Å². The number of alkyl halides is 3. The minimum atomic E-state index is -4.43. The number of esters is 1. The van der Waals surface area contributed by atoms with Crippen molar-refractivity contribution in [2.75, 3.05) is 12.8 Å². The van der Waals surface area contributed by atoms with Gasteiger partial charge in [-0.3, -0.25) is 0 Å². The van der Waals surface area contributed by atoms with Crippen LogP contribution in [0.3, 0.4) is 0 Å². The number of methoxy groups -OCH3 is 1. The third-order valence-electron chi connectivity index (χ3n) is 4.21. The first-order valence-electron chi connectivity index (χ1n) is 8.03. The fourth-order valence-electron chi connectivity index (χ4n) is 2.81. The Morgan fingerprint density at radius 3 is 2.39 bits per heavy atom. The summed E-state index contributed by atoms with van der Waals surface area (Å²) in [5, 5.41) is 9.15. The molecule has 0 aliphatic carbocycles. The third kappa shape index (κ3) is 3.42. The molecule has 1 heterocycles. The summed E-state index contributed by atoms with van der Waals surface area (Å²) < 4.78 is 44.9. The predicted molar refractivity (Wildman–Crippen MR) is 96.7 cm³/mol. The van der Waals surface area contributed by atoms with Gasteiger partial charge in [-0.1, -0.05) is 24.3 Å². The fourth-order valence-corrected chi connectivity index (χ4v) is 2.81. The lowest BCUT2D eigenvalue weighted by atomic mass is 10.0. The number of aromatic nitrogens is 1. The quantitative estimate of drug-likeness (QED) is 0.678. The number of nitrogen functional groups attached to an aromatic ring is 1. The number of hydrogen-bond donors (Lipinski definition) is 1. The SMILES string of the molecule is COC(=O)c1c(N)c(C#N)cn1-c1ccc(-c2cccc(C(F)(F)F)c2)cc1. The van der Waals surface area contributed by atoms with Gasteiger partial charge < -0.3 is 15.0 Å². The molecule has 0 aliphatic rings. The summed E-state index contributed by atoms with van der Waals surface area (Å²) >= 11 is 0. The highest BCUT2D eigenvalue weighted by atomic mass is 19.4. The van der Waals surface area contributed by atoms with Crippen LogP contribution >= 0.6 is 0 Å². The number of nitrogens with zero attached hydrogens (tertiary/aromatic N) is 2. The number of benzene rings is 2. The molecule has 3 rings (SSSR count). The molecule has 0 amide bonds. The number of rotatable bonds is 3. The number of carbonyl (C=O) groups is 1. The second kappa shape index (κ2) is 7.12. The van der Waals surface area contributed by atoms with E-state index in [4.69, 9.17) is 15.7 Å². The molecule has 0 unspecified atom stereocenters. The minimum absolute atomic E-state index is 0.00342. The topological polar surface area (TPSA) is 81.0 Å². The van der Waals surface area contributed by atoms with E-state index in [1.54, 1.807) is 30.3 Å². The average Bonchev–Trinajstić information content (AvgIpc) is 3.03. The van der Waals surface area contributed by atoms with Crippen molar-refractivity contribution in [2.45, 2.75) is 6.18 Å². The van der Waals surface area contributed by atoms with Gasteiger partial charge in [-0.25, -0.2) is 4.79 Å². The van der Waals surface area contributed by atoms with Crippen LogP contribution in [0.4, 0.5) is 18.9 Å². The Labute approximate surface area is 158 Å². The molecular weight excluding hydrogens is 371 g/mol. The Morgan fingerprint density at radius 1 is 1.14 bits per heavy atom. The van der Waals surface area contributed by atoms with Crippen molar-refractivity contribution in [3.63, 3.8) is 0 Å². The maximum atomic E-state index is 12.9. The predicted octanol–water partition coefficient (Wildman–Crippen LogP) is 4.40. The van der Waals surface area contributed by atoms with Crippen LogP contribution < -0.4 is 5.73 Å². The standard InChI is InChI=1S/C20H14F3N3O2/c1-28-19(27)18-17(25)14(10-24)11-26(18)16-7-5-12(6-8-16)13-3-2-4-15(9-13)20(21,22)23/h2-9,11H,25H2,1H3. The Morgan fingerprint density at radius 2 is 1.82 bits per heavy atom. The molecule has 0 radical (unpaired) electrons. The van der Waals surface area contributed by atoms with Crippen molar-refractivity contribution in [1.29, 1.82) is 5.26 Å². The van der Waals surface area contributed by atoms with Gasteiger partial charge in [0.05, 0.1) is 23.9 Å². The Hall–Kier alpha value is -3.73. The smallest absolute Gasteiger partial charge is 0.416 e. The number of hydrogen-bond acceptors (Lipinski definition) is 4. The van der Waals surface area contributed by atoms with Gasteiger partial charge in [0.15, 0.2) is 5.69 Å². The van der Waals surface area contributed by atoms with E-state index in [2.05, 4.69) is 0 Å². The number of nitriles is 1. The normalized spacial score (nSPS) is 11.1. The highest BCUT2D eigenvalue weighted by Crippen LogP contribution is 2.32. The Balaban J connectivity index is 2.03. The van der Waals surface area contributed by atoms with Crippen molar-refractivity contribution in [1.82, 2.24) is 4.57 Å². The second-order valence-electron chi connectivity index (χ2n) is 5.90. The second-order valence-corrected chi connectivity index (χ2v) is 5.90. The first kappa shape index (κ1) is 19.0. The van der Waals surface area contributed by atoms with Gasteiger partial charge >= 0.3 is 12.1 Å². The summed E-state index contributed by atoms with van der Waals surface area (Å²) in [6.45, 7) is 0. The first-order chi connectivity index (χ1) is 13.3. The molecule has 1 aromatic heterocycles. The maximum absolute atomic E-state index is 12.9. The Kier molecular flexibility index (Phi) is 4.84. The summed E-state index contributed by atoms with van der Waals surface area (Å²) in [6, 6.07) is 13.4. The molecule has 3 aromatic rings. The highest BCUT2D eigenvalue weighted by molar-refractivity contribution is 5.96. The van der Waals surface area contributed by atoms with Crippen LogP contribution in [-0.4, -0.2) is 17.6 Å². The number of ether oxygens (including phenoxy) is 1. The van der Waals surface area contributed by atoms with E-state index in [1.807, 2.05) is 6.07 Å². The molecule has 0 saturated carbocycles. The zero-order valence-corrected chi connectivity index (χ0v) is 14.6. The van der Waals surface area contributed by atoms with Crippen LogP contribution in [0.2, 0.25) is 0 Å². The van der Waals surface area contributed by atoms with E-state index in [-0.39, 0.29) is 16.9 Å². The Bertz CT molecular complexity index is 1080. The van der Waals surface area contributed by atoms with E-state index < -0.39 is 17.7 Å². The number of anilines is 1. The molecule has 0 atom stereocenters. The van der Waals surface area contributed by atoms with Crippen molar-refractivity contribution < 1.29 is 22.7 Å². The summed E-state index contributed by atoms with van der Waals surface area (Å²) in [4.78, 5) is 12.0. The lowest BCUT2D eigenvalue weighted by molar-refractivity contribution is -0.137. The molecule has 0 aliphatic heterocycles. The molecule has 5 nitrogen and oxygen atoms in total. The van der Waals surface area contributed by atoms with E-state index in [0.29, 0.717) is 16.8 Å². The molecule has 8 heteroatoms. The van der Waals surface area contributed by atoms with Gasteiger partial charge in [0, 0.05) is 11.9 Å². The molecule has 0 fully saturated rings. The van der Waals surface area contributed by atoms with Gasteiger partial charge in [0.1, 0.15) is 6.07 Å². The first-order valence-corrected chi connectivity index (χ1v) is 8.03. The molecular formula is C20H14F3N3O2. The number of halogens is 3. The van der Waals surface area contributed by atoms with Gasteiger partial charge in [0.2, 0.25) is 0 Å². The van der Waals surface area contributed by atoms with Crippen LogP contribution in [0.5, 0.6) is 0 Å². The van der Waals surface area contributed by atoms with E-state index in [0.717, 1.165) is 12.1 Å². The van der Waals surface area contributed by atoms with E-state index in [1.165, 1.54) is 23.9 Å². The molecule has 0 saturated heterocycles. The molecule has 0 bridgehead atoms. The molecule has 0 spiro atoms. The lowest BCUT2D eigenvalue weighted by Gasteiger charge is -2.11. The summed E-state index contributed by atoms with van der Waals surface area (Å²) in [7, 11) is 1.20. The minimum Gasteiger partial charge on any atom is -0.464 e. The molecule has 142 valence electrons. The van der Waals surface area contributed by atoms with Crippen molar-refractivity contribution >= 4 is 11.7 Å². The molecule has 2 N–H and O–H groups in total. The zero-order valence-electron chi connectivity index (χ0n) is 14.6. The summed E-state index contributed by atoms with van der Waals surface area (Å²) in [5.74, 6) is -0.707. The fraction of sp³-hybridized carbons (Fsp3) is 0.100. The van der Waals surface area contributed by atoms with E-state index >= 15 is 0 Å². The zero-order chi connectivity index (χ0) is 20.5. The van der Waals surface area contributed by atoms with Gasteiger partial charge in [-0.05, 0) is 35.4 Å². The van der Waals surface area contributed by atoms with Gasteiger partial charge in [-0.15, -0.1) is 0 Å². The van der Waals surface area contributed by atoms with Crippen molar-refractivity contribution in [2.24, 2.45) is 0 Å². The van der Waals surface area contributed by atoms with Crippen molar-refractivity contribution in [3.05, 3.63) is 71.5 Å². The molecule has 2 aromatic carbocycles. The highest BCUT2D eigenvalue weighted by Gasteiger charge is 2.30. The van der Waals surface area contributed by atoms with Gasteiger partial charge in [-0.2, -0.15) is 18.4 Å². The number of carbonyl (C=O) groups excluding carboxylic acids is 1. The van der Waals surface area contributed by atoms with Crippen LogP contribution in [0, 0.1) is 11.3 Å². The summed E-state index contributed by atoms with van der Waals surface area (Å²) in [5.41, 5.74) is 6.71. The average molecular weight is 385 g/mol. The molecule has 28 heavy (non-hydrogen) atoms. The monoisotopic (exact) mass is 385 g/mol. The van der Waals surface area contributed by atoms with Gasteiger partial charge in [0.25, 0.3) is 0 Å². The third-order valence-corrected chi connectivity index (χ3v) is 4.21. The van der Waals surface area contributed by atoms with Crippen molar-refractivity contribution in [3.8, 4) is 22.9 Å². The lowest BCUT2D eigenvalue weighted by Crippen LogP contribution is -2.11. The van der Waals surface area contributed by atoms with Crippen LogP contribution in [0.15, 0.2) is 54.7 Å². The maximum Gasteiger partial charge on any atom is 0.416 e. The van der Waals surface area contributed by atoms with Crippen LogP contribution in [-0.2, 0) is 10.9 Å². The summed E-state index contributed by atoms with van der Waals surface area (Å²) in [6.07, 6.45) is -3.03.